The van der Waals surface area contributed by atoms with Crippen LogP contribution in [-0.4, -0.2) is 6.29 Å². The molecule has 0 atom stereocenters. The first-order chi connectivity index (χ1) is 6.88. The van der Waals surface area contributed by atoms with E-state index in [1.807, 2.05) is 30.3 Å². The minimum atomic E-state index is 0.723. The van der Waals surface area contributed by atoms with Crippen LogP contribution in [0.25, 0.3) is 0 Å². The first kappa shape index (κ1) is 9.49. The van der Waals surface area contributed by atoms with Crippen LogP contribution >= 0.6 is 23.1 Å². The van der Waals surface area contributed by atoms with Crippen LogP contribution < -0.4 is 0 Å². The molecule has 0 saturated heterocycles. The maximum atomic E-state index is 10.4. The number of benzene rings is 1. The molecule has 70 valence electrons. The minimum Gasteiger partial charge on any atom is -0.298 e. The fourth-order valence-electron chi connectivity index (χ4n) is 1.05. The zero-order chi connectivity index (χ0) is 9.80. The number of hydrogen-bond donors (Lipinski definition) is 0. The second kappa shape index (κ2) is 4.44. The van der Waals surface area contributed by atoms with Gasteiger partial charge in [-0.15, -0.1) is 11.3 Å². The largest absolute Gasteiger partial charge is 0.298 e. The molecule has 0 saturated carbocycles. The molecule has 0 aliphatic rings. The van der Waals surface area contributed by atoms with Crippen LogP contribution in [-0.2, 0) is 0 Å². The Morgan fingerprint density at radius 2 is 1.93 bits per heavy atom. The molecule has 0 N–H and O–H groups in total. The fourth-order valence-corrected chi connectivity index (χ4v) is 2.80. The first-order valence-corrected chi connectivity index (χ1v) is 5.85. The quantitative estimate of drug-likeness (QED) is 0.733. The summed E-state index contributed by atoms with van der Waals surface area (Å²) in [7, 11) is 0. The van der Waals surface area contributed by atoms with E-state index >= 15 is 0 Å². The standard InChI is InChI=1S/C11H8OS2/c12-8-9-3-5-10(6-4-9)14-11-2-1-7-13-11/h1-8H. The number of carbonyl (C=O) groups is 1. The molecule has 0 aliphatic carbocycles. The van der Waals surface area contributed by atoms with E-state index in [0.29, 0.717) is 0 Å². The molecule has 0 spiro atoms. The summed E-state index contributed by atoms with van der Waals surface area (Å²) in [6.07, 6.45) is 0.861. The Kier molecular flexibility index (Phi) is 3.01. The molecule has 0 amide bonds. The molecule has 1 nitrogen and oxygen atoms in total. The van der Waals surface area contributed by atoms with Crippen molar-refractivity contribution in [1.82, 2.24) is 0 Å². The van der Waals surface area contributed by atoms with Crippen molar-refractivity contribution < 1.29 is 4.79 Å². The van der Waals surface area contributed by atoms with Crippen molar-refractivity contribution in [2.24, 2.45) is 0 Å². The van der Waals surface area contributed by atoms with Crippen molar-refractivity contribution in [3.8, 4) is 0 Å². The van der Waals surface area contributed by atoms with Crippen molar-refractivity contribution in [3.05, 3.63) is 47.3 Å². The van der Waals surface area contributed by atoms with Gasteiger partial charge in [0.25, 0.3) is 0 Å². The molecule has 0 radical (unpaired) electrons. The molecule has 1 heterocycles. The van der Waals surface area contributed by atoms with Gasteiger partial charge in [-0.3, -0.25) is 4.79 Å². The van der Waals surface area contributed by atoms with E-state index in [2.05, 4.69) is 11.4 Å². The summed E-state index contributed by atoms with van der Waals surface area (Å²) in [5.74, 6) is 0. The van der Waals surface area contributed by atoms with E-state index in [0.717, 1.165) is 16.7 Å². The van der Waals surface area contributed by atoms with Crippen LogP contribution in [0.4, 0.5) is 0 Å². The Labute approximate surface area is 90.8 Å². The Hall–Kier alpha value is -1.06. The van der Waals surface area contributed by atoms with Gasteiger partial charge in [0.15, 0.2) is 0 Å². The molecule has 2 aromatic rings. The molecule has 1 aromatic heterocycles. The highest BCUT2D eigenvalue weighted by molar-refractivity contribution is 8.01. The zero-order valence-electron chi connectivity index (χ0n) is 7.34. The van der Waals surface area contributed by atoms with E-state index in [4.69, 9.17) is 0 Å². The van der Waals surface area contributed by atoms with Gasteiger partial charge >= 0.3 is 0 Å². The Bertz CT molecular complexity index is 403. The number of thiophene rings is 1. The van der Waals surface area contributed by atoms with Crippen LogP contribution in [0.15, 0.2) is 50.9 Å². The zero-order valence-corrected chi connectivity index (χ0v) is 8.98. The molecule has 14 heavy (non-hydrogen) atoms. The normalized spacial score (nSPS) is 10.0. The highest BCUT2D eigenvalue weighted by Gasteiger charge is 1.97. The molecule has 1 aromatic carbocycles. The second-order valence-electron chi connectivity index (χ2n) is 2.72. The average molecular weight is 220 g/mol. The van der Waals surface area contributed by atoms with E-state index in [-0.39, 0.29) is 0 Å². The summed E-state index contributed by atoms with van der Waals surface area (Å²) in [6.45, 7) is 0. The van der Waals surface area contributed by atoms with Crippen LogP contribution in [0, 0.1) is 0 Å². The van der Waals surface area contributed by atoms with E-state index in [1.54, 1.807) is 23.1 Å². The lowest BCUT2D eigenvalue weighted by Gasteiger charge is -1.97. The summed E-state index contributed by atoms with van der Waals surface area (Å²) >= 11 is 3.44. The van der Waals surface area contributed by atoms with Crippen molar-refractivity contribution in [3.63, 3.8) is 0 Å². The van der Waals surface area contributed by atoms with Gasteiger partial charge in [-0.25, -0.2) is 0 Å². The highest BCUT2D eigenvalue weighted by atomic mass is 32.2. The number of hydrogen-bond acceptors (Lipinski definition) is 3. The van der Waals surface area contributed by atoms with Crippen molar-refractivity contribution >= 4 is 29.4 Å². The lowest BCUT2D eigenvalue weighted by molar-refractivity contribution is 0.112. The van der Waals surface area contributed by atoms with E-state index in [9.17, 15) is 4.79 Å². The van der Waals surface area contributed by atoms with E-state index < -0.39 is 0 Å². The number of rotatable bonds is 3. The van der Waals surface area contributed by atoms with Crippen LogP contribution in [0.5, 0.6) is 0 Å². The summed E-state index contributed by atoms with van der Waals surface area (Å²) in [6, 6.07) is 11.7. The SMILES string of the molecule is O=Cc1ccc(Sc2cccs2)cc1. The molecule has 0 unspecified atom stereocenters. The van der Waals surface area contributed by atoms with Gasteiger partial charge in [-0.05, 0) is 23.6 Å². The third-order valence-corrected chi connectivity index (χ3v) is 3.78. The Morgan fingerprint density at radius 3 is 2.50 bits per heavy atom. The number of aldehydes is 1. The lowest BCUT2D eigenvalue weighted by Crippen LogP contribution is -1.77. The lowest BCUT2D eigenvalue weighted by atomic mass is 10.2. The van der Waals surface area contributed by atoms with Crippen molar-refractivity contribution in [2.75, 3.05) is 0 Å². The smallest absolute Gasteiger partial charge is 0.150 e. The molecular weight excluding hydrogens is 212 g/mol. The monoisotopic (exact) mass is 220 g/mol. The Morgan fingerprint density at radius 1 is 1.14 bits per heavy atom. The molecule has 0 aliphatic heterocycles. The van der Waals surface area contributed by atoms with Gasteiger partial charge in [-0.2, -0.15) is 0 Å². The van der Waals surface area contributed by atoms with Crippen molar-refractivity contribution in [2.45, 2.75) is 9.10 Å². The van der Waals surface area contributed by atoms with Gasteiger partial charge in [0, 0.05) is 10.5 Å². The molecule has 0 bridgehead atoms. The predicted molar refractivity (Wildman–Crippen MR) is 60.3 cm³/mol. The van der Waals surface area contributed by atoms with Crippen LogP contribution in [0.3, 0.4) is 0 Å². The predicted octanol–water partition coefficient (Wildman–Crippen LogP) is 3.71. The third kappa shape index (κ3) is 2.25. The van der Waals surface area contributed by atoms with Gasteiger partial charge < -0.3 is 0 Å². The van der Waals surface area contributed by atoms with Gasteiger partial charge in [-0.1, -0.05) is 30.0 Å². The van der Waals surface area contributed by atoms with Gasteiger partial charge in [0.05, 0.1) is 4.21 Å². The summed E-state index contributed by atoms with van der Waals surface area (Å²) in [5.41, 5.74) is 0.723. The Balaban J connectivity index is 2.14. The van der Waals surface area contributed by atoms with Gasteiger partial charge in [0.2, 0.25) is 0 Å². The van der Waals surface area contributed by atoms with Crippen LogP contribution in [0.2, 0.25) is 0 Å². The molecule has 0 fully saturated rings. The topological polar surface area (TPSA) is 17.1 Å². The maximum Gasteiger partial charge on any atom is 0.150 e. The summed E-state index contributed by atoms with van der Waals surface area (Å²) < 4.78 is 1.27. The van der Waals surface area contributed by atoms with E-state index in [1.165, 1.54) is 4.21 Å². The molecule has 3 heteroatoms. The summed E-state index contributed by atoms with van der Waals surface area (Å²) in [4.78, 5) is 11.6. The highest BCUT2D eigenvalue weighted by Crippen LogP contribution is 2.30. The minimum absolute atomic E-state index is 0.723. The van der Waals surface area contributed by atoms with Crippen molar-refractivity contribution in [1.29, 1.82) is 0 Å². The second-order valence-corrected chi connectivity index (χ2v) is 5.04. The summed E-state index contributed by atoms with van der Waals surface area (Å²) in [5, 5.41) is 2.06. The van der Waals surface area contributed by atoms with Gasteiger partial charge in [0.1, 0.15) is 6.29 Å². The molecule has 2 rings (SSSR count). The molecular formula is C11H8OS2. The fraction of sp³-hybridized carbons (Fsp3) is 0. The maximum absolute atomic E-state index is 10.4. The first-order valence-electron chi connectivity index (χ1n) is 4.15. The third-order valence-electron chi connectivity index (χ3n) is 1.73. The average Bonchev–Trinajstić information content (AvgIpc) is 2.72. The number of carbonyl (C=O) groups excluding carboxylic acids is 1. The van der Waals surface area contributed by atoms with Crippen LogP contribution in [0.1, 0.15) is 10.4 Å².